The number of benzene rings is 1. The smallest absolute Gasteiger partial charge is 0.191 e. The molecule has 0 saturated carbocycles. The SMILES string of the molecule is CCNC(=NCc1ccc(OCCN(CC)CC)c(OC)c1)NC(C)COC.I. The van der Waals surface area contributed by atoms with Crippen molar-refractivity contribution in [2.45, 2.75) is 40.3 Å². The quantitative estimate of drug-likeness (QED) is 0.236. The molecule has 29 heavy (non-hydrogen) atoms. The molecule has 1 rings (SSSR count). The third kappa shape index (κ3) is 10.9. The lowest BCUT2D eigenvalue weighted by molar-refractivity contribution is 0.179. The van der Waals surface area contributed by atoms with E-state index in [1.807, 2.05) is 25.1 Å². The topological polar surface area (TPSA) is 67.4 Å². The fourth-order valence-corrected chi connectivity index (χ4v) is 2.77. The summed E-state index contributed by atoms with van der Waals surface area (Å²) < 4.78 is 16.6. The van der Waals surface area contributed by atoms with Gasteiger partial charge < -0.3 is 29.7 Å². The number of halogens is 1. The minimum absolute atomic E-state index is 0. The summed E-state index contributed by atoms with van der Waals surface area (Å²) in [5.74, 6) is 2.27. The van der Waals surface area contributed by atoms with Gasteiger partial charge in [0.2, 0.25) is 0 Å². The van der Waals surface area contributed by atoms with Crippen LogP contribution in [0.1, 0.15) is 33.3 Å². The van der Waals surface area contributed by atoms with E-state index in [0.29, 0.717) is 19.8 Å². The number of rotatable bonds is 13. The first-order valence-electron chi connectivity index (χ1n) is 10.1. The van der Waals surface area contributed by atoms with Crippen LogP contribution in [0.15, 0.2) is 23.2 Å². The molecule has 0 aliphatic heterocycles. The Balaban J connectivity index is 0.00000784. The first-order chi connectivity index (χ1) is 13.6. The molecule has 168 valence electrons. The number of guanidine groups is 1. The van der Waals surface area contributed by atoms with E-state index in [9.17, 15) is 0 Å². The van der Waals surface area contributed by atoms with Crippen molar-refractivity contribution in [2.24, 2.45) is 4.99 Å². The maximum absolute atomic E-state index is 5.92. The van der Waals surface area contributed by atoms with Gasteiger partial charge in [-0.15, -0.1) is 24.0 Å². The summed E-state index contributed by atoms with van der Waals surface area (Å²) in [4.78, 5) is 6.98. The van der Waals surface area contributed by atoms with Crippen molar-refractivity contribution in [3.63, 3.8) is 0 Å². The zero-order valence-electron chi connectivity index (χ0n) is 18.8. The van der Waals surface area contributed by atoms with E-state index in [0.717, 1.165) is 49.2 Å². The van der Waals surface area contributed by atoms with Crippen molar-refractivity contribution in [3.05, 3.63) is 23.8 Å². The molecule has 0 aliphatic carbocycles. The first-order valence-corrected chi connectivity index (χ1v) is 10.1. The molecule has 1 aromatic carbocycles. The standard InChI is InChI=1S/C21H38N4O3.HI/c1-7-22-21(24-17(4)16-26-5)23-15-18-10-11-19(20(14-18)27-6)28-13-12-25(8-2)9-3;/h10-11,14,17H,7-9,12-13,15-16H2,1-6H3,(H2,22,23,24);1H. The Kier molecular flexibility index (Phi) is 15.8. The van der Waals surface area contributed by atoms with Crippen molar-refractivity contribution in [1.29, 1.82) is 0 Å². The molecule has 1 aromatic rings. The van der Waals surface area contributed by atoms with Gasteiger partial charge in [-0.1, -0.05) is 19.9 Å². The normalized spacial score (nSPS) is 12.3. The van der Waals surface area contributed by atoms with Crippen LogP contribution >= 0.6 is 24.0 Å². The van der Waals surface area contributed by atoms with Crippen LogP contribution in [0.2, 0.25) is 0 Å². The van der Waals surface area contributed by atoms with Crippen molar-refractivity contribution < 1.29 is 14.2 Å². The molecule has 0 spiro atoms. The summed E-state index contributed by atoms with van der Waals surface area (Å²) in [6.45, 7) is 14.0. The van der Waals surface area contributed by atoms with Crippen LogP contribution in [0.4, 0.5) is 0 Å². The minimum Gasteiger partial charge on any atom is -0.493 e. The highest BCUT2D eigenvalue weighted by molar-refractivity contribution is 14.0. The fraction of sp³-hybridized carbons (Fsp3) is 0.667. The number of ether oxygens (including phenoxy) is 3. The van der Waals surface area contributed by atoms with Gasteiger partial charge in [-0.3, -0.25) is 0 Å². The Hall–Kier alpha value is -1.26. The number of methoxy groups -OCH3 is 2. The Morgan fingerprint density at radius 2 is 1.86 bits per heavy atom. The Bertz CT molecular complexity index is 583. The lowest BCUT2D eigenvalue weighted by Crippen LogP contribution is -2.43. The molecule has 8 heteroatoms. The van der Waals surface area contributed by atoms with Crippen LogP contribution < -0.4 is 20.1 Å². The Morgan fingerprint density at radius 1 is 1.14 bits per heavy atom. The number of aliphatic imine (C=N–C) groups is 1. The van der Waals surface area contributed by atoms with E-state index in [1.54, 1.807) is 14.2 Å². The van der Waals surface area contributed by atoms with Crippen LogP contribution in [0.5, 0.6) is 11.5 Å². The highest BCUT2D eigenvalue weighted by Crippen LogP contribution is 2.28. The molecule has 0 radical (unpaired) electrons. The minimum atomic E-state index is 0. The maximum Gasteiger partial charge on any atom is 0.191 e. The van der Waals surface area contributed by atoms with Crippen molar-refractivity contribution in [3.8, 4) is 11.5 Å². The monoisotopic (exact) mass is 522 g/mol. The summed E-state index contributed by atoms with van der Waals surface area (Å²) in [6.07, 6.45) is 0. The van der Waals surface area contributed by atoms with Gasteiger partial charge in [0, 0.05) is 26.2 Å². The molecule has 0 fully saturated rings. The largest absolute Gasteiger partial charge is 0.493 e. The third-order valence-corrected chi connectivity index (χ3v) is 4.35. The van der Waals surface area contributed by atoms with Gasteiger partial charge in [-0.05, 0) is 44.6 Å². The molecular weight excluding hydrogens is 483 g/mol. The molecule has 7 nitrogen and oxygen atoms in total. The lowest BCUT2D eigenvalue weighted by atomic mass is 10.2. The van der Waals surface area contributed by atoms with Crippen LogP contribution in [-0.4, -0.2) is 70.5 Å². The molecular formula is C21H39IN4O3. The average Bonchev–Trinajstić information content (AvgIpc) is 2.70. The fourth-order valence-electron chi connectivity index (χ4n) is 2.77. The molecule has 0 heterocycles. The molecule has 0 bridgehead atoms. The van der Waals surface area contributed by atoms with Crippen molar-refractivity contribution in [2.75, 3.05) is 53.6 Å². The second kappa shape index (κ2) is 16.5. The van der Waals surface area contributed by atoms with Crippen LogP contribution in [0, 0.1) is 0 Å². The maximum atomic E-state index is 5.92. The van der Waals surface area contributed by atoms with Crippen molar-refractivity contribution >= 4 is 29.9 Å². The summed E-state index contributed by atoms with van der Waals surface area (Å²) in [6, 6.07) is 6.15. The molecule has 0 saturated heterocycles. The van der Waals surface area contributed by atoms with E-state index in [4.69, 9.17) is 14.2 Å². The highest BCUT2D eigenvalue weighted by atomic mass is 127. The van der Waals surface area contributed by atoms with Crippen LogP contribution in [-0.2, 0) is 11.3 Å². The molecule has 0 amide bonds. The molecule has 0 aromatic heterocycles. The van der Waals surface area contributed by atoms with Crippen molar-refractivity contribution in [1.82, 2.24) is 15.5 Å². The molecule has 2 N–H and O–H groups in total. The number of nitrogens with one attached hydrogen (secondary N) is 2. The second-order valence-electron chi connectivity index (χ2n) is 6.56. The van der Waals surface area contributed by atoms with E-state index in [2.05, 4.69) is 41.3 Å². The second-order valence-corrected chi connectivity index (χ2v) is 6.56. The summed E-state index contributed by atoms with van der Waals surface area (Å²) in [7, 11) is 3.36. The van der Waals surface area contributed by atoms with Gasteiger partial charge in [0.05, 0.1) is 20.3 Å². The highest BCUT2D eigenvalue weighted by Gasteiger charge is 2.08. The number of hydrogen-bond acceptors (Lipinski definition) is 5. The van der Waals surface area contributed by atoms with Crippen LogP contribution in [0.3, 0.4) is 0 Å². The summed E-state index contributed by atoms with van der Waals surface area (Å²) in [5, 5.41) is 6.59. The third-order valence-electron chi connectivity index (χ3n) is 4.35. The van der Waals surface area contributed by atoms with E-state index in [-0.39, 0.29) is 30.0 Å². The predicted octanol–water partition coefficient (Wildman–Crippen LogP) is 3.12. The summed E-state index contributed by atoms with van der Waals surface area (Å²) >= 11 is 0. The number of hydrogen-bond donors (Lipinski definition) is 2. The average molecular weight is 522 g/mol. The number of likely N-dealkylation sites (N-methyl/N-ethyl adjacent to an activating group) is 1. The van der Waals surface area contributed by atoms with E-state index in [1.165, 1.54) is 0 Å². The van der Waals surface area contributed by atoms with Gasteiger partial charge >= 0.3 is 0 Å². The van der Waals surface area contributed by atoms with E-state index >= 15 is 0 Å². The van der Waals surface area contributed by atoms with E-state index < -0.39 is 0 Å². The summed E-state index contributed by atoms with van der Waals surface area (Å²) in [5.41, 5.74) is 1.06. The van der Waals surface area contributed by atoms with Gasteiger partial charge in [0.25, 0.3) is 0 Å². The zero-order chi connectivity index (χ0) is 20.8. The molecule has 1 atom stereocenters. The number of nitrogens with zero attached hydrogens (tertiary/aromatic N) is 2. The Labute approximate surface area is 193 Å². The van der Waals surface area contributed by atoms with Gasteiger partial charge in [0.15, 0.2) is 17.5 Å². The zero-order valence-corrected chi connectivity index (χ0v) is 21.1. The molecule has 0 aliphatic rings. The van der Waals surface area contributed by atoms with Crippen LogP contribution in [0.25, 0.3) is 0 Å². The Morgan fingerprint density at radius 3 is 2.45 bits per heavy atom. The lowest BCUT2D eigenvalue weighted by Gasteiger charge is -2.19. The first kappa shape index (κ1) is 27.7. The van der Waals surface area contributed by atoms with Gasteiger partial charge in [-0.2, -0.15) is 0 Å². The van der Waals surface area contributed by atoms with Gasteiger partial charge in [0.1, 0.15) is 6.61 Å². The predicted molar refractivity (Wildman–Crippen MR) is 131 cm³/mol. The van der Waals surface area contributed by atoms with Gasteiger partial charge in [-0.25, -0.2) is 4.99 Å². The molecule has 1 unspecified atom stereocenters.